The van der Waals surface area contributed by atoms with Crippen molar-refractivity contribution in [2.24, 2.45) is 0 Å². The first-order valence-electron chi connectivity index (χ1n) is 9.41. The average molecular weight is 419 g/mol. The molecule has 1 N–H and O–H groups in total. The molecular formula is C24H19ClN2O3. The largest absolute Gasteiger partial charge is 0.488 e. The second-order valence-electron chi connectivity index (χ2n) is 6.92. The lowest BCUT2D eigenvalue weighted by Gasteiger charge is -2.12. The van der Waals surface area contributed by atoms with E-state index in [2.05, 4.69) is 5.32 Å². The fourth-order valence-electron chi connectivity index (χ4n) is 3.12. The minimum atomic E-state index is -0.522. The second kappa shape index (κ2) is 8.43. The molecular weight excluding hydrogens is 400 g/mol. The number of nitrogens with zero attached hydrogens (tertiary/aromatic N) is 1. The number of hydrogen-bond acceptors (Lipinski definition) is 3. The van der Waals surface area contributed by atoms with E-state index in [0.29, 0.717) is 28.6 Å². The summed E-state index contributed by atoms with van der Waals surface area (Å²) in [5.74, 6) is 0.171. The van der Waals surface area contributed by atoms with Gasteiger partial charge in [-0.05, 0) is 42.8 Å². The number of hydrogen-bond donors (Lipinski definition) is 1. The molecule has 0 spiro atoms. The number of aryl methyl sites for hydroxylation is 1. The summed E-state index contributed by atoms with van der Waals surface area (Å²) in [4.78, 5) is 26.3. The lowest BCUT2D eigenvalue weighted by Crippen LogP contribution is -2.30. The Morgan fingerprint density at radius 1 is 1.00 bits per heavy atom. The van der Waals surface area contributed by atoms with Crippen LogP contribution in [0.25, 0.3) is 6.08 Å². The first kappa shape index (κ1) is 19.7. The van der Waals surface area contributed by atoms with Crippen LogP contribution in [0.15, 0.2) is 78.5 Å². The van der Waals surface area contributed by atoms with Crippen molar-refractivity contribution in [3.63, 3.8) is 0 Å². The summed E-state index contributed by atoms with van der Waals surface area (Å²) in [6.07, 6.45) is 1.62. The Bertz CT molecular complexity index is 1140. The lowest BCUT2D eigenvalue weighted by molar-refractivity contribution is -0.113. The van der Waals surface area contributed by atoms with E-state index in [1.807, 2.05) is 55.5 Å². The molecule has 0 atom stereocenters. The number of urea groups is 1. The molecule has 0 aliphatic carbocycles. The van der Waals surface area contributed by atoms with Crippen LogP contribution in [0.5, 0.6) is 5.75 Å². The molecule has 150 valence electrons. The highest BCUT2D eigenvalue weighted by molar-refractivity contribution is 6.32. The zero-order valence-electron chi connectivity index (χ0n) is 16.3. The Morgan fingerprint density at radius 3 is 2.53 bits per heavy atom. The highest BCUT2D eigenvalue weighted by Gasteiger charge is 2.35. The fraction of sp³-hybridized carbons (Fsp3) is 0.0833. The number of imide groups is 1. The zero-order chi connectivity index (χ0) is 21.1. The molecule has 4 rings (SSSR count). The molecule has 1 fully saturated rings. The number of rotatable bonds is 5. The Labute approximate surface area is 179 Å². The number of carbonyl (C=O) groups excluding carboxylic acids is 2. The van der Waals surface area contributed by atoms with Crippen LogP contribution < -0.4 is 15.0 Å². The highest BCUT2D eigenvalue weighted by Crippen LogP contribution is 2.27. The number of anilines is 1. The predicted octanol–water partition coefficient (Wildman–Crippen LogP) is 5.32. The topological polar surface area (TPSA) is 58.6 Å². The van der Waals surface area contributed by atoms with Gasteiger partial charge in [-0.2, -0.15) is 0 Å². The molecule has 3 aromatic carbocycles. The maximum Gasteiger partial charge on any atom is 0.333 e. The molecule has 1 aliphatic rings. The van der Waals surface area contributed by atoms with Crippen LogP contribution in [0.1, 0.15) is 16.7 Å². The molecule has 0 radical (unpaired) electrons. The number of benzene rings is 3. The molecule has 1 aliphatic heterocycles. The van der Waals surface area contributed by atoms with Crippen molar-refractivity contribution in [2.75, 3.05) is 4.90 Å². The van der Waals surface area contributed by atoms with Gasteiger partial charge in [0.15, 0.2) is 0 Å². The van der Waals surface area contributed by atoms with Gasteiger partial charge in [0.2, 0.25) is 0 Å². The highest BCUT2D eigenvalue weighted by atomic mass is 35.5. The van der Waals surface area contributed by atoms with Crippen LogP contribution >= 0.6 is 11.6 Å². The van der Waals surface area contributed by atoms with E-state index in [0.717, 1.165) is 10.5 Å². The predicted molar refractivity (Wildman–Crippen MR) is 117 cm³/mol. The van der Waals surface area contributed by atoms with Crippen molar-refractivity contribution >= 4 is 35.3 Å². The first-order chi connectivity index (χ1) is 14.5. The molecule has 0 bridgehead atoms. The van der Waals surface area contributed by atoms with Gasteiger partial charge in [-0.15, -0.1) is 0 Å². The summed E-state index contributed by atoms with van der Waals surface area (Å²) >= 11 is 6.00. The van der Waals surface area contributed by atoms with Crippen LogP contribution in [0, 0.1) is 6.92 Å². The van der Waals surface area contributed by atoms with Crippen molar-refractivity contribution in [1.82, 2.24) is 5.32 Å². The third kappa shape index (κ3) is 4.21. The summed E-state index contributed by atoms with van der Waals surface area (Å²) in [7, 11) is 0. The second-order valence-corrected chi connectivity index (χ2v) is 7.36. The van der Waals surface area contributed by atoms with Gasteiger partial charge >= 0.3 is 6.03 Å². The number of ether oxygens (including phenoxy) is 1. The maximum absolute atomic E-state index is 12.8. The molecule has 0 saturated carbocycles. The summed E-state index contributed by atoms with van der Waals surface area (Å²) in [5.41, 5.74) is 3.51. The number of carbonyl (C=O) groups is 2. The number of para-hydroxylation sites is 1. The van der Waals surface area contributed by atoms with Crippen molar-refractivity contribution in [1.29, 1.82) is 0 Å². The smallest absolute Gasteiger partial charge is 0.333 e. The van der Waals surface area contributed by atoms with Gasteiger partial charge in [-0.3, -0.25) is 4.79 Å². The molecule has 1 heterocycles. The van der Waals surface area contributed by atoms with Gasteiger partial charge < -0.3 is 10.1 Å². The zero-order valence-corrected chi connectivity index (χ0v) is 17.0. The minimum absolute atomic E-state index is 0.173. The standard InChI is InChI=1S/C24H19ClN2O3/c1-16-9-11-17(12-10-16)15-30-22-8-3-2-5-18(22)13-21-23(28)27(24(29)26-21)20-7-4-6-19(25)14-20/h2-14H,15H2,1H3,(H,26,29)/b21-13+. The van der Waals surface area contributed by atoms with E-state index in [4.69, 9.17) is 16.3 Å². The average Bonchev–Trinajstić information content (AvgIpc) is 3.01. The number of amides is 3. The molecule has 3 aromatic rings. The number of halogens is 1. The quantitative estimate of drug-likeness (QED) is 0.450. The van der Waals surface area contributed by atoms with Crippen molar-refractivity contribution in [3.05, 3.63) is 100 Å². The molecule has 6 heteroatoms. The van der Waals surface area contributed by atoms with Crippen LogP contribution in [0.2, 0.25) is 5.02 Å². The van der Waals surface area contributed by atoms with E-state index in [9.17, 15) is 9.59 Å². The Balaban J connectivity index is 1.57. The van der Waals surface area contributed by atoms with E-state index < -0.39 is 11.9 Å². The van der Waals surface area contributed by atoms with Gasteiger partial charge in [-0.25, -0.2) is 9.69 Å². The van der Waals surface area contributed by atoms with Gasteiger partial charge in [0.1, 0.15) is 18.1 Å². The number of nitrogens with one attached hydrogen (secondary N) is 1. The lowest BCUT2D eigenvalue weighted by atomic mass is 10.1. The minimum Gasteiger partial charge on any atom is -0.488 e. The van der Waals surface area contributed by atoms with Crippen LogP contribution in [0.4, 0.5) is 10.5 Å². The molecule has 30 heavy (non-hydrogen) atoms. The summed E-state index contributed by atoms with van der Waals surface area (Å²) < 4.78 is 5.96. The molecule has 3 amide bonds. The van der Waals surface area contributed by atoms with Gasteiger partial charge in [0.05, 0.1) is 5.69 Å². The van der Waals surface area contributed by atoms with Gasteiger partial charge in [0.25, 0.3) is 5.91 Å². The van der Waals surface area contributed by atoms with E-state index >= 15 is 0 Å². The fourth-order valence-corrected chi connectivity index (χ4v) is 3.30. The van der Waals surface area contributed by atoms with Crippen LogP contribution in [0.3, 0.4) is 0 Å². The SMILES string of the molecule is Cc1ccc(COc2ccccc2/C=C2/NC(=O)N(c3cccc(Cl)c3)C2=O)cc1. The first-order valence-corrected chi connectivity index (χ1v) is 9.79. The van der Waals surface area contributed by atoms with Crippen molar-refractivity contribution in [3.8, 4) is 5.75 Å². The Hall–Kier alpha value is -3.57. The molecule has 0 aromatic heterocycles. The third-order valence-corrected chi connectivity index (χ3v) is 4.91. The van der Waals surface area contributed by atoms with E-state index in [-0.39, 0.29) is 5.70 Å². The Kier molecular flexibility index (Phi) is 5.55. The molecule has 5 nitrogen and oxygen atoms in total. The third-order valence-electron chi connectivity index (χ3n) is 4.68. The summed E-state index contributed by atoms with van der Waals surface area (Å²) in [6.45, 7) is 2.43. The maximum atomic E-state index is 12.8. The molecule has 1 saturated heterocycles. The van der Waals surface area contributed by atoms with E-state index in [1.165, 1.54) is 5.56 Å². The van der Waals surface area contributed by atoms with E-state index in [1.54, 1.807) is 30.3 Å². The van der Waals surface area contributed by atoms with Crippen molar-refractivity contribution in [2.45, 2.75) is 13.5 Å². The molecule has 0 unspecified atom stereocenters. The van der Waals surface area contributed by atoms with Crippen LogP contribution in [-0.2, 0) is 11.4 Å². The van der Waals surface area contributed by atoms with Crippen LogP contribution in [-0.4, -0.2) is 11.9 Å². The van der Waals surface area contributed by atoms with Crippen molar-refractivity contribution < 1.29 is 14.3 Å². The summed E-state index contributed by atoms with van der Waals surface area (Å²) in [6, 6.07) is 21.5. The summed E-state index contributed by atoms with van der Waals surface area (Å²) in [5, 5.41) is 3.07. The normalized spacial score (nSPS) is 14.9. The van der Waals surface area contributed by atoms with Gasteiger partial charge in [-0.1, -0.05) is 65.7 Å². The monoisotopic (exact) mass is 418 g/mol. The van der Waals surface area contributed by atoms with Gasteiger partial charge in [0, 0.05) is 10.6 Å². The Morgan fingerprint density at radius 2 is 1.77 bits per heavy atom.